The first-order valence-electron chi connectivity index (χ1n) is 8.23. The van der Waals surface area contributed by atoms with Crippen LogP contribution < -0.4 is 0 Å². The Morgan fingerprint density at radius 2 is 1.14 bits per heavy atom. The van der Waals surface area contributed by atoms with E-state index in [-0.39, 0.29) is 10.8 Å². The number of hydrogen-bond acceptors (Lipinski definition) is 0. The Balaban J connectivity index is 2.48. The molecule has 0 spiro atoms. The van der Waals surface area contributed by atoms with Gasteiger partial charge in [-0.2, -0.15) is 0 Å². The molecule has 0 saturated carbocycles. The summed E-state index contributed by atoms with van der Waals surface area (Å²) in [6.45, 7) is 18.1. The first-order chi connectivity index (χ1) is 10.0. The second-order valence-electron chi connectivity index (χ2n) is 8.49. The van der Waals surface area contributed by atoms with Crippen LogP contribution in [0.25, 0.3) is 11.1 Å². The predicted molar refractivity (Wildman–Crippen MR) is 98.8 cm³/mol. The molecule has 0 heterocycles. The Labute approximate surface area is 136 Å². The second-order valence-corrected chi connectivity index (χ2v) is 8.49. The zero-order chi connectivity index (χ0) is 16.7. The lowest BCUT2D eigenvalue weighted by Gasteiger charge is -2.24. The first kappa shape index (κ1) is 16.8. The van der Waals surface area contributed by atoms with Gasteiger partial charge in [-0.3, -0.25) is 0 Å². The van der Waals surface area contributed by atoms with Crippen molar-refractivity contribution < 1.29 is 0 Å². The van der Waals surface area contributed by atoms with Crippen LogP contribution in [-0.4, -0.2) is 0 Å². The van der Waals surface area contributed by atoms with Crippen LogP contribution in [0.1, 0.15) is 63.8 Å². The van der Waals surface area contributed by atoms with Crippen molar-refractivity contribution in [2.24, 2.45) is 0 Å². The van der Waals surface area contributed by atoms with E-state index in [1.165, 1.54) is 33.4 Å². The van der Waals surface area contributed by atoms with E-state index in [0.717, 1.165) is 0 Å². The highest BCUT2D eigenvalue weighted by Crippen LogP contribution is 2.34. The fourth-order valence-corrected chi connectivity index (χ4v) is 3.10. The Bertz CT molecular complexity index is 659. The molecule has 0 amide bonds. The minimum Gasteiger partial charge on any atom is -0.0579 e. The Morgan fingerprint density at radius 1 is 0.591 bits per heavy atom. The maximum Gasteiger partial charge on any atom is -0.0129 e. The molecule has 0 bridgehead atoms. The summed E-state index contributed by atoms with van der Waals surface area (Å²) in [5.41, 5.74) is 8.72. The van der Waals surface area contributed by atoms with Crippen LogP contribution in [0.15, 0.2) is 36.4 Å². The van der Waals surface area contributed by atoms with Crippen molar-refractivity contribution in [1.82, 2.24) is 0 Å². The molecule has 0 saturated heterocycles. The molecule has 2 aromatic carbocycles. The van der Waals surface area contributed by atoms with E-state index in [1.807, 2.05) is 0 Å². The van der Waals surface area contributed by atoms with Crippen LogP contribution in [0.5, 0.6) is 0 Å². The van der Waals surface area contributed by atoms with Gasteiger partial charge in [0.2, 0.25) is 0 Å². The van der Waals surface area contributed by atoms with Gasteiger partial charge in [0.25, 0.3) is 0 Å². The van der Waals surface area contributed by atoms with Gasteiger partial charge in [-0.05, 0) is 58.1 Å². The van der Waals surface area contributed by atoms with Crippen LogP contribution in [-0.2, 0) is 10.8 Å². The fraction of sp³-hybridized carbons (Fsp3) is 0.455. The SMILES string of the molecule is Cc1c(-c2ccc(C(C)(C)C)cc2)ccc(C(C)(C)C)c1C. The van der Waals surface area contributed by atoms with Crippen LogP contribution in [0, 0.1) is 13.8 Å². The lowest BCUT2D eigenvalue weighted by atomic mass is 9.80. The average Bonchev–Trinajstić information content (AvgIpc) is 2.39. The van der Waals surface area contributed by atoms with E-state index in [0.29, 0.717) is 0 Å². The molecule has 2 aromatic rings. The predicted octanol–water partition coefficient (Wildman–Crippen LogP) is 6.57. The van der Waals surface area contributed by atoms with Crippen molar-refractivity contribution in [2.45, 2.75) is 66.2 Å². The van der Waals surface area contributed by atoms with Crippen LogP contribution >= 0.6 is 0 Å². The zero-order valence-electron chi connectivity index (χ0n) is 15.5. The summed E-state index contributed by atoms with van der Waals surface area (Å²) >= 11 is 0. The molecule has 22 heavy (non-hydrogen) atoms. The highest BCUT2D eigenvalue weighted by molar-refractivity contribution is 5.70. The molecule has 0 unspecified atom stereocenters. The van der Waals surface area contributed by atoms with Gasteiger partial charge in [-0.1, -0.05) is 77.9 Å². The molecular weight excluding hydrogens is 264 g/mol. The van der Waals surface area contributed by atoms with Gasteiger partial charge in [0, 0.05) is 0 Å². The Kier molecular flexibility index (Phi) is 4.26. The van der Waals surface area contributed by atoms with Crippen LogP contribution in [0.3, 0.4) is 0 Å². The number of rotatable bonds is 1. The van der Waals surface area contributed by atoms with Gasteiger partial charge in [0.05, 0.1) is 0 Å². The minimum absolute atomic E-state index is 0.198. The summed E-state index contributed by atoms with van der Waals surface area (Å²) in [7, 11) is 0. The normalized spacial score (nSPS) is 12.5. The van der Waals surface area contributed by atoms with Crippen molar-refractivity contribution in [3.8, 4) is 11.1 Å². The summed E-state index contributed by atoms with van der Waals surface area (Å²) < 4.78 is 0. The molecule has 0 aliphatic rings. The molecule has 0 N–H and O–H groups in total. The van der Waals surface area contributed by atoms with Crippen molar-refractivity contribution in [1.29, 1.82) is 0 Å². The summed E-state index contributed by atoms with van der Waals surface area (Å²) in [4.78, 5) is 0. The molecule has 0 aliphatic heterocycles. The second kappa shape index (κ2) is 5.57. The smallest absolute Gasteiger partial charge is 0.0129 e. The Hall–Kier alpha value is -1.56. The lowest BCUT2D eigenvalue weighted by Crippen LogP contribution is -2.14. The number of benzene rings is 2. The molecule has 0 fully saturated rings. The molecular formula is C22H30. The highest BCUT2D eigenvalue weighted by atomic mass is 14.2. The highest BCUT2D eigenvalue weighted by Gasteiger charge is 2.19. The summed E-state index contributed by atoms with van der Waals surface area (Å²) in [5.74, 6) is 0. The van der Waals surface area contributed by atoms with Gasteiger partial charge in [0.1, 0.15) is 0 Å². The molecule has 0 aliphatic carbocycles. The molecule has 0 nitrogen and oxygen atoms in total. The average molecular weight is 294 g/mol. The summed E-state index contributed by atoms with van der Waals surface area (Å²) in [6, 6.07) is 13.6. The molecule has 2 rings (SSSR count). The fourth-order valence-electron chi connectivity index (χ4n) is 3.10. The van der Waals surface area contributed by atoms with E-state index in [1.54, 1.807) is 0 Å². The van der Waals surface area contributed by atoms with E-state index in [9.17, 15) is 0 Å². The van der Waals surface area contributed by atoms with E-state index >= 15 is 0 Å². The van der Waals surface area contributed by atoms with Gasteiger partial charge < -0.3 is 0 Å². The van der Waals surface area contributed by atoms with Crippen molar-refractivity contribution in [3.63, 3.8) is 0 Å². The Morgan fingerprint density at radius 3 is 1.59 bits per heavy atom. The van der Waals surface area contributed by atoms with E-state index < -0.39 is 0 Å². The standard InChI is InChI=1S/C22H30/c1-15-16(2)20(22(6,7)8)14-13-19(15)17-9-11-18(12-10-17)21(3,4)5/h9-14H,1-8H3. The zero-order valence-corrected chi connectivity index (χ0v) is 15.5. The first-order valence-corrected chi connectivity index (χ1v) is 8.23. The lowest BCUT2D eigenvalue weighted by molar-refractivity contribution is 0.585. The van der Waals surface area contributed by atoms with Gasteiger partial charge >= 0.3 is 0 Å². The van der Waals surface area contributed by atoms with Crippen molar-refractivity contribution in [3.05, 3.63) is 58.7 Å². The monoisotopic (exact) mass is 294 g/mol. The molecule has 118 valence electrons. The van der Waals surface area contributed by atoms with Crippen LogP contribution in [0.2, 0.25) is 0 Å². The third kappa shape index (κ3) is 3.27. The maximum absolute atomic E-state index is 2.30. The molecule has 0 radical (unpaired) electrons. The number of hydrogen-bond donors (Lipinski definition) is 0. The largest absolute Gasteiger partial charge is 0.0579 e. The third-order valence-electron chi connectivity index (χ3n) is 4.66. The van der Waals surface area contributed by atoms with Crippen LogP contribution in [0.4, 0.5) is 0 Å². The van der Waals surface area contributed by atoms with Gasteiger partial charge in [-0.25, -0.2) is 0 Å². The topological polar surface area (TPSA) is 0 Å². The molecule has 0 aromatic heterocycles. The third-order valence-corrected chi connectivity index (χ3v) is 4.66. The summed E-state index contributed by atoms with van der Waals surface area (Å²) in [5, 5.41) is 0. The van der Waals surface area contributed by atoms with Gasteiger partial charge in [0.15, 0.2) is 0 Å². The molecule has 0 atom stereocenters. The quantitative estimate of drug-likeness (QED) is 0.558. The molecule has 0 heteroatoms. The van der Waals surface area contributed by atoms with Gasteiger partial charge in [-0.15, -0.1) is 0 Å². The van der Waals surface area contributed by atoms with Crippen molar-refractivity contribution in [2.75, 3.05) is 0 Å². The minimum atomic E-state index is 0.198. The van der Waals surface area contributed by atoms with E-state index in [4.69, 9.17) is 0 Å². The summed E-state index contributed by atoms with van der Waals surface area (Å²) in [6.07, 6.45) is 0. The van der Waals surface area contributed by atoms with E-state index in [2.05, 4.69) is 91.8 Å². The van der Waals surface area contributed by atoms with Crippen molar-refractivity contribution >= 4 is 0 Å². The maximum atomic E-state index is 2.30.